The highest BCUT2D eigenvalue weighted by atomic mass is 32.2. The van der Waals surface area contributed by atoms with Gasteiger partial charge in [0, 0.05) is 6.04 Å². The molecule has 1 aromatic heterocycles. The summed E-state index contributed by atoms with van der Waals surface area (Å²) in [7, 11) is -2.81. The van der Waals surface area contributed by atoms with Crippen molar-refractivity contribution in [1.82, 2.24) is 4.72 Å². The summed E-state index contributed by atoms with van der Waals surface area (Å²) in [6, 6.07) is -0.676. The molecule has 0 aliphatic rings. The zero-order valence-corrected chi connectivity index (χ0v) is 12.0. The minimum atomic E-state index is -3.97. The van der Waals surface area contributed by atoms with Crippen molar-refractivity contribution in [3.8, 4) is 0 Å². The Balaban J connectivity index is 3.38. The zero-order chi connectivity index (χ0) is 14.8. The molecule has 7 nitrogen and oxygen atoms in total. The van der Waals surface area contributed by atoms with E-state index in [1.54, 1.807) is 0 Å². The number of carbonyl (C=O) groups excluding carboxylic acids is 1. The molecular formula is C11H17NO6S. The Hall–Kier alpha value is -1.38. The lowest BCUT2D eigenvalue weighted by atomic mass is 10.2. The molecule has 0 aliphatic heterocycles. The number of esters is 1. The molecule has 0 amide bonds. The van der Waals surface area contributed by atoms with Gasteiger partial charge < -0.3 is 14.3 Å². The maximum atomic E-state index is 12.2. The second-order valence-corrected chi connectivity index (χ2v) is 5.77. The Morgan fingerprint density at radius 2 is 2.00 bits per heavy atom. The van der Waals surface area contributed by atoms with Crippen molar-refractivity contribution >= 4 is 16.0 Å². The van der Waals surface area contributed by atoms with Crippen LogP contribution in [0.5, 0.6) is 0 Å². The number of sulfonamides is 1. The van der Waals surface area contributed by atoms with Gasteiger partial charge in [0.1, 0.15) is 22.0 Å². The normalized spacial score (nSPS) is 13.3. The van der Waals surface area contributed by atoms with E-state index in [-0.39, 0.29) is 28.6 Å². The summed E-state index contributed by atoms with van der Waals surface area (Å²) in [4.78, 5) is 11.4. The second kappa shape index (κ2) is 5.72. The van der Waals surface area contributed by atoms with Crippen LogP contribution in [0.3, 0.4) is 0 Å². The molecule has 1 heterocycles. The minimum Gasteiger partial charge on any atom is -0.465 e. The fraction of sp³-hybridized carbons (Fsp3) is 0.545. The van der Waals surface area contributed by atoms with Gasteiger partial charge in [0.25, 0.3) is 0 Å². The smallest absolute Gasteiger partial charge is 0.342 e. The molecule has 0 saturated heterocycles. The molecule has 0 unspecified atom stereocenters. The molecule has 2 N–H and O–H groups in total. The van der Waals surface area contributed by atoms with E-state index in [0.717, 1.165) is 7.11 Å². The Kier molecular flexibility index (Phi) is 4.72. The monoisotopic (exact) mass is 291 g/mol. The van der Waals surface area contributed by atoms with Gasteiger partial charge >= 0.3 is 5.97 Å². The van der Waals surface area contributed by atoms with Crippen LogP contribution in [0, 0.1) is 13.8 Å². The molecule has 1 aromatic rings. The van der Waals surface area contributed by atoms with Crippen molar-refractivity contribution in [2.75, 3.05) is 13.7 Å². The third kappa shape index (κ3) is 3.14. The van der Waals surface area contributed by atoms with Gasteiger partial charge in [0.05, 0.1) is 13.7 Å². The van der Waals surface area contributed by atoms with Crippen LogP contribution < -0.4 is 4.72 Å². The van der Waals surface area contributed by atoms with Crippen molar-refractivity contribution in [3.05, 3.63) is 17.1 Å². The molecule has 0 spiro atoms. The number of furan rings is 1. The first-order valence-electron chi connectivity index (χ1n) is 5.56. The van der Waals surface area contributed by atoms with Gasteiger partial charge in [-0.3, -0.25) is 0 Å². The minimum absolute atomic E-state index is 0.0931. The van der Waals surface area contributed by atoms with Crippen LogP contribution in [-0.4, -0.2) is 39.3 Å². The number of hydrogen-bond acceptors (Lipinski definition) is 6. The predicted molar refractivity (Wildman–Crippen MR) is 66.4 cm³/mol. The third-order valence-electron chi connectivity index (χ3n) is 2.49. The van der Waals surface area contributed by atoms with Gasteiger partial charge in [-0.1, -0.05) is 0 Å². The average molecular weight is 291 g/mol. The van der Waals surface area contributed by atoms with Crippen LogP contribution in [0.1, 0.15) is 28.8 Å². The first kappa shape index (κ1) is 15.7. The van der Waals surface area contributed by atoms with E-state index in [9.17, 15) is 13.2 Å². The lowest BCUT2D eigenvalue weighted by Crippen LogP contribution is -2.35. The third-order valence-corrected chi connectivity index (χ3v) is 4.24. The Morgan fingerprint density at radius 3 is 2.47 bits per heavy atom. The largest absolute Gasteiger partial charge is 0.465 e. The quantitative estimate of drug-likeness (QED) is 0.758. The van der Waals surface area contributed by atoms with Gasteiger partial charge in [-0.15, -0.1) is 0 Å². The molecule has 0 bridgehead atoms. The van der Waals surface area contributed by atoms with Crippen LogP contribution >= 0.6 is 0 Å². The van der Waals surface area contributed by atoms with Crippen LogP contribution in [0.2, 0.25) is 0 Å². The van der Waals surface area contributed by atoms with Crippen LogP contribution in [-0.2, 0) is 14.8 Å². The summed E-state index contributed by atoms with van der Waals surface area (Å²) in [6.45, 7) is 4.06. The zero-order valence-electron chi connectivity index (χ0n) is 11.2. The second-order valence-electron chi connectivity index (χ2n) is 4.12. The van der Waals surface area contributed by atoms with Crippen molar-refractivity contribution in [2.45, 2.75) is 31.7 Å². The number of rotatable bonds is 5. The fourth-order valence-electron chi connectivity index (χ4n) is 1.69. The van der Waals surface area contributed by atoms with Gasteiger partial charge in [-0.05, 0) is 20.8 Å². The maximum Gasteiger partial charge on any atom is 0.342 e. The van der Waals surface area contributed by atoms with Crippen LogP contribution in [0.25, 0.3) is 0 Å². The fourth-order valence-corrected chi connectivity index (χ4v) is 3.32. The highest BCUT2D eigenvalue weighted by Crippen LogP contribution is 2.27. The Morgan fingerprint density at radius 1 is 1.42 bits per heavy atom. The van der Waals surface area contributed by atoms with E-state index in [0.29, 0.717) is 0 Å². The number of methoxy groups -OCH3 is 1. The lowest BCUT2D eigenvalue weighted by Gasteiger charge is -2.11. The summed E-state index contributed by atoms with van der Waals surface area (Å²) >= 11 is 0. The Labute approximate surface area is 111 Å². The van der Waals surface area contributed by atoms with E-state index in [2.05, 4.69) is 9.46 Å². The molecule has 0 saturated carbocycles. The van der Waals surface area contributed by atoms with E-state index in [4.69, 9.17) is 9.52 Å². The van der Waals surface area contributed by atoms with Crippen LogP contribution in [0.4, 0.5) is 0 Å². The van der Waals surface area contributed by atoms with E-state index in [1.807, 2.05) is 0 Å². The number of aliphatic hydroxyl groups is 1. The van der Waals surface area contributed by atoms with E-state index in [1.165, 1.54) is 20.8 Å². The van der Waals surface area contributed by atoms with E-state index < -0.39 is 22.0 Å². The SMILES string of the molecule is COC(=O)c1c(C)oc(C)c1S(=O)(=O)N[C@H](C)CO. The summed E-state index contributed by atoms with van der Waals surface area (Å²) < 4.78 is 36.4. The maximum absolute atomic E-state index is 12.2. The van der Waals surface area contributed by atoms with Gasteiger partial charge in [0.15, 0.2) is 0 Å². The molecule has 0 aliphatic carbocycles. The van der Waals surface area contributed by atoms with Gasteiger partial charge in [-0.25, -0.2) is 17.9 Å². The van der Waals surface area contributed by atoms with Crippen LogP contribution in [0.15, 0.2) is 9.31 Å². The van der Waals surface area contributed by atoms with Crippen molar-refractivity contribution in [2.24, 2.45) is 0 Å². The first-order chi connectivity index (χ1) is 8.74. The molecular weight excluding hydrogens is 274 g/mol. The number of carbonyl (C=O) groups is 1. The summed E-state index contributed by atoms with van der Waals surface area (Å²) in [6.07, 6.45) is 0. The molecule has 0 fully saturated rings. The standard InChI is InChI=1S/C11H17NO6S/c1-6(5-13)12-19(15,16)10-8(3)18-7(2)9(10)11(14)17-4/h6,12-13H,5H2,1-4H3/t6-/m1/s1. The molecule has 8 heteroatoms. The number of aryl methyl sites for hydroxylation is 2. The molecule has 108 valence electrons. The number of aliphatic hydroxyl groups excluding tert-OH is 1. The first-order valence-corrected chi connectivity index (χ1v) is 7.04. The van der Waals surface area contributed by atoms with Crippen molar-refractivity contribution in [1.29, 1.82) is 0 Å². The highest BCUT2D eigenvalue weighted by molar-refractivity contribution is 7.89. The molecule has 0 radical (unpaired) electrons. The predicted octanol–water partition coefficient (Wildman–Crippen LogP) is 0.342. The molecule has 19 heavy (non-hydrogen) atoms. The Bertz CT molecular complexity index is 574. The lowest BCUT2D eigenvalue weighted by molar-refractivity contribution is 0.0595. The number of ether oxygens (including phenoxy) is 1. The summed E-state index contributed by atoms with van der Waals surface area (Å²) in [5.41, 5.74) is -0.127. The molecule has 1 atom stereocenters. The average Bonchev–Trinajstić information content (AvgIpc) is 2.63. The van der Waals surface area contributed by atoms with Crippen molar-refractivity contribution < 1.29 is 27.5 Å². The molecule has 1 rings (SSSR count). The van der Waals surface area contributed by atoms with E-state index >= 15 is 0 Å². The van der Waals surface area contributed by atoms with Gasteiger partial charge in [-0.2, -0.15) is 0 Å². The van der Waals surface area contributed by atoms with Gasteiger partial charge in [0.2, 0.25) is 10.0 Å². The summed E-state index contributed by atoms with van der Waals surface area (Å²) in [5.74, 6) is -0.525. The number of hydrogen-bond donors (Lipinski definition) is 2. The highest BCUT2D eigenvalue weighted by Gasteiger charge is 2.32. The molecule has 0 aromatic carbocycles. The topological polar surface area (TPSA) is 106 Å². The summed E-state index contributed by atoms with van der Waals surface area (Å²) in [5, 5.41) is 8.90. The number of nitrogens with one attached hydrogen (secondary N) is 1. The van der Waals surface area contributed by atoms with Crippen molar-refractivity contribution in [3.63, 3.8) is 0 Å².